The number of aryl methyl sites for hydroxylation is 1. The molecule has 3 rings (SSSR count). The lowest BCUT2D eigenvalue weighted by Crippen LogP contribution is -2.48. The maximum Gasteiger partial charge on any atom is 0.325 e. The van der Waals surface area contributed by atoms with E-state index in [0.717, 1.165) is 37.7 Å². The van der Waals surface area contributed by atoms with Crippen LogP contribution in [-0.4, -0.2) is 58.4 Å². The summed E-state index contributed by atoms with van der Waals surface area (Å²) in [6, 6.07) is 6.78. The van der Waals surface area contributed by atoms with Crippen molar-refractivity contribution in [3.63, 3.8) is 0 Å². The molecule has 0 bridgehead atoms. The number of aromatic hydroxyl groups is 1. The summed E-state index contributed by atoms with van der Waals surface area (Å²) in [5.74, 6) is -0.211. The van der Waals surface area contributed by atoms with Crippen molar-refractivity contribution in [2.75, 3.05) is 19.6 Å². The fourth-order valence-corrected chi connectivity index (χ4v) is 3.49. The van der Waals surface area contributed by atoms with Crippen LogP contribution in [0.4, 0.5) is 4.79 Å². The third-order valence-electron chi connectivity index (χ3n) is 4.84. The van der Waals surface area contributed by atoms with E-state index in [1.165, 1.54) is 4.90 Å². The largest absolute Gasteiger partial charge is 0.508 e. The summed E-state index contributed by atoms with van der Waals surface area (Å²) >= 11 is 0. The van der Waals surface area contributed by atoms with Crippen molar-refractivity contribution in [2.45, 2.75) is 38.1 Å². The summed E-state index contributed by atoms with van der Waals surface area (Å²) in [4.78, 5) is 38.6. The zero-order chi connectivity index (χ0) is 17.8. The topological polar surface area (TPSA) is 90.0 Å². The maximum atomic E-state index is 12.6. The number of phenolic OH excluding ortho intramolecular Hbond substituents is 1. The van der Waals surface area contributed by atoms with E-state index in [2.05, 4.69) is 5.32 Å². The van der Waals surface area contributed by atoms with E-state index in [0.29, 0.717) is 6.54 Å². The summed E-state index contributed by atoms with van der Waals surface area (Å²) in [5.41, 5.74) is 1.13. The first-order chi connectivity index (χ1) is 12.0. The molecule has 7 nitrogen and oxygen atoms in total. The standard InChI is InChI=1S/C18H23N3O4/c22-15-8-5-13(6-9-15)4-7-14-3-1-2-10-21(14)17(24)12-20-11-16(23)19-18(20)25/h5-6,8-9,14,22H,1-4,7,10-12H2,(H,19,23,25)/t14-/m0/s1. The molecule has 0 aromatic heterocycles. The number of carbonyl (C=O) groups excluding carboxylic acids is 3. The first-order valence-corrected chi connectivity index (χ1v) is 8.69. The Morgan fingerprint density at radius 3 is 2.64 bits per heavy atom. The van der Waals surface area contributed by atoms with E-state index in [1.54, 1.807) is 12.1 Å². The molecule has 1 atom stereocenters. The monoisotopic (exact) mass is 345 g/mol. The Morgan fingerprint density at radius 2 is 1.96 bits per heavy atom. The fourth-order valence-electron chi connectivity index (χ4n) is 3.49. The third kappa shape index (κ3) is 4.29. The van der Waals surface area contributed by atoms with E-state index >= 15 is 0 Å². The molecule has 0 aliphatic carbocycles. The molecule has 0 saturated carbocycles. The minimum atomic E-state index is -0.490. The smallest absolute Gasteiger partial charge is 0.325 e. The average molecular weight is 345 g/mol. The highest BCUT2D eigenvalue weighted by Gasteiger charge is 2.32. The molecule has 4 amide bonds. The van der Waals surface area contributed by atoms with Gasteiger partial charge < -0.3 is 14.9 Å². The summed E-state index contributed by atoms with van der Waals surface area (Å²) in [7, 11) is 0. The Morgan fingerprint density at radius 1 is 1.20 bits per heavy atom. The minimum absolute atomic E-state index is 0.0451. The number of likely N-dealkylation sites (tertiary alicyclic amines) is 1. The van der Waals surface area contributed by atoms with Crippen LogP contribution in [0, 0.1) is 0 Å². The summed E-state index contributed by atoms with van der Waals surface area (Å²) in [6.07, 6.45) is 4.69. The molecule has 0 radical (unpaired) electrons. The number of imide groups is 1. The molecule has 1 aromatic rings. The van der Waals surface area contributed by atoms with Gasteiger partial charge in [0.25, 0.3) is 0 Å². The van der Waals surface area contributed by atoms with E-state index < -0.39 is 6.03 Å². The fraction of sp³-hybridized carbons (Fsp3) is 0.500. The first kappa shape index (κ1) is 17.3. The Labute approximate surface area is 146 Å². The SMILES string of the molecule is O=C1CN(CC(=O)N2CCCC[C@H]2CCc2ccc(O)cc2)C(=O)N1. The molecule has 0 spiro atoms. The van der Waals surface area contributed by atoms with Gasteiger partial charge in [-0.05, 0) is 49.8 Å². The van der Waals surface area contributed by atoms with Crippen molar-refractivity contribution in [2.24, 2.45) is 0 Å². The molecule has 2 heterocycles. The van der Waals surface area contributed by atoms with Crippen LogP contribution < -0.4 is 5.32 Å². The Kier molecular flexibility index (Phi) is 5.21. The second kappa shape index (κ2) is 7.55. The van der Waals surface area contributed by atoms with E-state index in [9.17, 15) is 19.5 Å². The molecule has 2 saturated heterocycles. The Balaban J connectivity index is 1.58. The van der Waals surface area contributed by atoms with Crippen LogP contribution in [0.2, 0.25) is 0 Å². The van der Waals surface area contributed by atoms with E-state index in [4.69, 9.17) is 0 Å². The second-order valence-corrected chi connectivity index (χ2v) is 6.65. The summed E-state index contributed by atoms with van der Waals surface area (Å²) in [5, 5.41) is 11.5. The van der Waals surface area contributed by atoms with Crippen LogP contribution in [0.25, 0.3) is 0 Å². The molecule has 2 aliphatic heterocycles. The van der Waals surface area contributed by atoms with Gasteiger partial charge in [0, 0.05) is 12.6 Å². The van der Waals surface area contributed by atoms with Crippen LogP contribution in [0.1, 0.15) is 31.2 Å². The van der Waals surface area contributed by atoms with Crippen molar-refractivity contribution in [1.82, 2.24) is 15.1 Å². The van der Waals surface area contributed by atoms with Gasteiger partial charge in [-0.3, -0.25) is 14.9 Å². The molecular weight excluding hydrogens is 322 g/mol. The van der Waals surface area contributed by atoms with Gasteiger partial charge in [-0.2, -0.15) is 0 Å². The van der Waals surface area contributed by atoms with Crippen LogP contribution in [0.3, 0.4) is 0 Å². The number of benzene rings is 1. The minimum Gasteiger partial charge on any atom is -0.508 e. The number of nitrogens with zero attached hydrogens (tertiary/aromatic N) is 2. The van der Waals surface area contributed by atoms with Gasteiger partial charge >= 0.3 is 6.03 Å². The highest BCUT2D eigenvalue weighted by molar-refractivity contribution is 6.03. The Bertz CT molecular complexity index is 659. The number of amides is 4. The highest BCUT2D eigenvalue weighted by Crippen LogP contribution is 2.22. The van der Waals surface area contributed by atoms with Crippen molar-refractivity contribution < 1.29 is 19.5 Å². The van der Waals surface area contributed by atoms with Gasteiger partial charge in [-0.1, -0.05) is 12.1 Å². The van der Waals surface area contributed by atoms with E-state index in [-0.39, 0.29) is 36.7 Å². The zero-order valence-electron chi connectivity index (χ0n) is 14.1. The molecule has 2 N–H and O–H groups in total. The van der Waals surface area contributed by atoms with Crippen molar-refractivity contribution in [1.29, 1.82) is 0 Å². The van der Waals surface area contributed by atoms with Crippen molar-refractivity contribution in [3.8, 4) is 5.75 Å². The highest BCUT2D eigenvalue weighted by atomic mass is 16.3. The van der Waals surface area contributed by atoms with Gasteiger partial charge in [-0.25, -0.2) is 4.79 Å². The molecule has 134 valence electrons. The number of rotatable bonds is 5. The molecular formula is C18H23N3O4. The predicted molar refractivity (Wildman–Crippen MR) is 90.9 cm³/mol. The number of hydrogen-bond acceptors (Lipinski definition) is 4. The molecule has 0 unspecified atom stereocenters. The average Bonchev–Trinajstić information content (AvgIpc) is 2.92. The van der Waals surface area contributed by atoms with Crippen LogP contribution in [-0.2, 0) is 16.0 Å². The quantitative estimate of drug-likeness (QED) is 0.786. The lowest BCUT2D eigenvalue weighted by atomic mass is 9.95. The number of carbonyl (C=O) groups is 3. The Hall–Kier alpha value is -2.57. The second-order valence-electron chi connectivity index (χ2n) is 6.65. The lowest BCUT2D eigenvalue weighted by Gasteiger charge is -2.36. The first-order valence-electron chi connectivity index (χ1n) is 8.69. The molecule has 25 heavy (non-hydrogen) atoms. The van der Waals surface area contributed by atoms with Gasteiger partial charge in [-0.15, -0.1) is 0 Å². The third-order valence-corrected chi connectivity index (χ3v) is 4.84. The van der Waals surface area contributed by atoms with Crippen LogP contribution in [0.5, 0.6) is 5.75 Å². The molecule has 2 aliphatic rings. The number of nitrogens with one attached hydrogen (secondary N) is 1. The van der Waals surface area contributed by atoms with Gasteiger partial charge in [0.2, 0.25) is 11.8 Å². The normalized spacial score (nSPS) is 20.7. The molecule has 1 aromatic carbocycles. The van der Waals surface area contributed by atoms with Gasteiger partial charge in [0.15, 0.2) is 0 Å². The number of piperidine rings is 1. The molecule has 2 fully saturated rings. The lowest BCUT2D eigenvalue weighted by molar-refractivity contribution is -0.135. The zero-order valence-corrected chi connectivity index (χ0v) is 14.1. The number of phenols is 1. The maximum absolute atomic E-state index is 12.6. The number of urea groups is 1. The van der Waals surface area contributed by atoms with E-state index in [1.807, 2.05) is 17.0 Å². The van der Waals surface area contributed by atoms with Gasteiger partial charge in [0.1, 0.15) is 18.8 Å². The summed E-state index contributed by atoms with van der Waals surface area (Å²) in [6.45, 7) is 0.604. The summed E-state index contributed by atoms with van der Waals surface area (Å²) < 4.78 is 0. The van der Waals surface area contributed by atoms with Crippen LogP contribution >= 0.6 is 0 Å². The van der Waals surface area contributed by atoms with Crippen molar-refractivity contribution >= 4 is 17.8 Å². The van der Waals surface area contributed by atoms with Gasteiger partial charge in [0.05, 0.1) is 0 Å². The van der Waals surface area contributed by atoms with Crippen molar-refractivity contribution in [3.05, 3.63) is 29.8 Å². The molecule has 7 heteroatoms. The predicted octanol–water partition coefficient (Wildman–Crippen LogP) is 1.26. The van der Waals surface area contributed by atoms with Crippen LogP contribution in [0.15, 0.2) is 24.3 Å². The number of hydrogen-bond donors (Lipinski definition) is 2.